The van der Waals surface area contributed by atoms with E-state index in [0.29, 0.717) is 0 Å². The molecule has 0 saturated carbocycles. The predicted molar refractivity (Wildman–Crippen MR) is 86.0 cm³/mol. The lowest BCUT2D eigenvalue weighted by Gasteiger charge is -2.28. The highest BCUT2D eigenvalue weighted by Gasteiger charge is 2.26. The van der Waals surface area contributed by atoms with Gasteiger partial charge in [0.1, 0.15) is 5.60 Å². The maximum atomic E-state index is 10.7. The van der Waals surface area contributed by atoms with Gasteiger partial charge in [0.15, 0.2) is 0 Å². The van der Waals surface area contributed by atoms with Crippen LogP contribution in [-0.4, -0.2) is 67.8 Å². The normalized spacial score (nSPS) is 21.8. The van der Waals surface area contributed by atoms with E-state index >= 15 is 0 Å². The molecule has 0 unspecified atom stereocenters. The highest BCUT2D eigenvalue weighted by molar-refractivity contribution is 5.69. The third-order valence-electron chi connectivity index (χ3n) is 3.40. The number of carboxylic acid groups (broad SMARTS) is 1. The first kappa shape index (κ1) is 20.9. The van der Waals surface area contributed by atoms with Gasteiger partial charge in [0.25, 0.3) is 0 Å². The molecule has 0 aliphatic carbocycles. The number of nitrogens with one attached hydrogen (secondary N) is 1. The Hall–Kier alpha value is -1.14. The van der Waals surface area contributed by atoms with E-state index in [-0.39, 0.29) is 17.5 Å². The number of likely N-dealkylation sites (N-methyl/N-ethyl adjacent to an activating group) is 1. The smallest absolute Gasteiger partial charge is 0.306 e. The van der Waals surface area contributed by atoms with E-state index in [0.717, 1.165) is 39.0 Å². The number of esters is 1. The third kappa shape index (κ3) is 11.5. The quantitative estimate of drug-likeness (QED) is 0.729. The van der Waals surface area contributed by atoms with Crippen LogP contribution in [0.15, 0.2) is 0 Å². The minimum absolute atomic E-state index is 0.0851. The molecule has 0 aromatic heterocycles. The van der Waals surface area contributed by atoms with Crippen LogP contribution in [0.4, 0.5) is 0 Å². The number of nitrogens with zero attached hydrogens (tertiary/aromatic N) is 1. The van der Waals surface area contributed by atoms with Crippen LogP contribution in [0, 0.1) is 5.92 Å². The minimum atomic E-state index is -0.614. The van der Waals surface area contributed by atoms with Crippen molar-refractivity contribution in [1.29, 1.82) is 0 Å². The Morgan fingerprint density at radius 2 is 1.73 bits per heavy atom. The highest BCUT2D eigenvalue weighted by atomic mass is 16.6. The second-order valence-corrected chi connectivity index (χ2v) is 7.12. The van der Waals surface area contributed by atoms with Gasteiger partial charge in [-0.1, -0.05) is 0 Å². The van der Waals surface area contributed by atoms with Gasteiger partial charge in [0.05, 0.1) is 25.6 Å². The summed E-state index contributed by atoms with van der Waals surface area (Å²) in [4.78, 5) is 24.7. The Morgan fingerprint density at radius 3 is 2.00 bits per heavy atom. The number of aliphatic carboxylic acids is 1. The molecule has 1 aliphatic rings. The zero-order valence-electron chi connectivity index (χ0n) is 14.9. The first-order valence-corrected chi connectivity index (χ1v) is 7.92. The first-order valence-electron chi connectivity index (χ1n) is 7.92. The summed E-state index contributed by atoms with van der Waals surface area (Å²) in [6, 6.07) is 0. The molecule has 6 heteroatoms. The second-order valence-electron chi connectivity index (χ2n) is 7.12. The fraction of sp³-hybridized carbons (Fsp3) is 0.875. The summed E-state index contributed by atoms with van der Waals surface area (Å²) in [5.74, 6) is -0.924. The fourth-order valence-electron chi connectivity index (χ4n) is 2.34. The summed E-state index contributed by atoms with van der Waals surface area (Å²) in [5, 5.41) is 8.83. The molecular formula is C16H33N2O4+. The number of hydrogen-bond donors (Lipinski definition) is 2. The standard InChI is InChI=1S/C10H20N2O2.C6H12O2/c1-11(2)7-8-12-5-3-9(4-6-12)10(13)14;1-5(7)8-6(2,3)4/h9H,3-8H2,1-2H3,(H,13,14);1-4H3/p+1. The average molecular weight is 317 g/mol. The second kappa shape index (κ2) is 9.79. The summed E-state index contributed by atoms with van der Waals surface area (Å²) in [5.41, 5.74) is -0.328. The fourth-order valence-corrected chi connectivity index (χ4v) is 2.34. The van der Waals surface area contributed by atoms with Crippen LogP contribution in [0.3, 0.4) is 0 Å². The first-order chi connectivity index (χ1) is 10.0. The molecule has 0 amide bonds. The number of rotatable bonds is 4. The lowest BCUT2D eigenvalue weighted by Crippen LogP contribution is -3.13. The van der Waals surface area contributed by atoms with Crippen molar-refractivity contribution in [2.45, 2.75) is 46.1 Å². The molecule has 2 N–H and O–H groups in total. The van der Waals surface area contributed by atoms with Crippen LogP contribution in [-0.2, 0) is 14.3 Å². The monoisotopic (exact) mass is 317 g/mol. The van der Waals surface area contributed by atoms with Gasteiger partial charge in [-0.05, 0) is 34.9 Å². The molecule has 0 spiro atoms. The summed E-state index contributed by atoms with van der Waals surface area (Å²) in [6.45, 7) is 11.2. The van der Waals surface area contributed by atoms with E-state index in [1.807, 2.05) is 20.8 Å². The Morgan fingerprint density at radius 1 is 1.23 bits per heavy atom. The summed E-state index contributed by atoms with van der Waals surface area (Å²) >= 11 is 0. The largest absolute Gasteiger partial charge is 0.481 e. The van der Waals surface area contributed by atoms with Crippen molar-refractivity contribution >= 4 is 11.9 Å². The van der Waals surface area contributed by atoms with Crippen molar-refractivity contribution in [1.82, 2.24) is 4.90 Å². The summed E-state index contributed by atoms with van der Waals surface area (Å²) in [6.07, 6.45) is 1.69. The number of quaternary nitrogens is 1. The van der Waals surface area contributed by atoms with Crippen LogP contribution in [0.25, 0.3) is 0 Å². The van der Waals surface area contributed by atoms with Gasteiger partial charge in [-0.3, -0.25) is 9.59 Å². The highest BCUT2D eigenvalue weighted by Crippen LogP contribution is 2.08. The number of carboxylic acids is 1. The molecule has 0 atom stereocenters. The molecule has 1 saturated heterocycles. The lowest BCUT2D eigenvalue weighted by atomic mass is 9.97. The average Bonchev–Trinajstić information content (AvgIpc) is 2.34. The molecule has 1 rings (SSSR count). The molecule has 6 nitrogen and oxygen atoms in total. The van der Waals surface area contributed by atoms with Crippen LogP contribution >= 0.6 is 0 Å². The van der Waals surface area contributed by atoms with Gasteiger partial charge >= 0.3 is 11.9 Å². The number of ether oxygens (including phenoxy) is 1. The van der Waals surface area contributed by atoms with Crippen molar-refractivity contribution in [2.75, 3.05) is 40.3 Å². The maximum absolute atomic E-state index is 10.7. The van der Waals surface area contributed by atoms with Crippen molar-refractivity contribution in [3.63, 3.8) is 0 Å². The van der Waals surface area contributed by atoms with Gasteiger partial charge in [-0.2, -0.15) is 0 Å². The van der Waals surface area contributed by atoms with Crippen molar-refractivity contribution in [3.8, 4) is 0 Å². The van der Waals surface area contributed by atoms with Crippen LogP contribution < -0.4 is 4.90 Å². The number of carbonyl (C=O) groups is 2. The Kier molecular flexibility index (Phi) is 9.28. The number of likely N-dealkylation sites (tertiary alicyclic amines) is 1. The van der Waals surface area contributed by atoms with Crippen LogP contribution in [0.2, 0.25) is 0 Å². The van der Waals surface area contributed by atoms with E-state index in [1.165, 1.54) is 6.92 Å². The molecule has 0 radical (unpaired) electrons. The van der Waals surface area contributed by atoms with Crippen molar-refractivity contribution in [2.24, 2.45) is 5.92 Å². The van der Waals surface area contributed by atoms with Crippen LogP contribution in [0.1, 0.15) is 40.5 Å². The van der Waals surface area contributed by atoms with Crippen LogP contribution in [0.5, 0.6) is 0 Å². The third-order valence-corrected chi connectivity index (χ3v) is 3.40. The molecule has 22 heavy (non-hydrogen) atoms. The zero-order chi connectivity index (χ0) is 17.3. The van der Waals surface area contributed by atoms with E-state index in [4.69, 9.17) is 9.84 Å². The van der Waals surface area contributed by atoms with Gasteiger partial charge in [0, 0.05) is 26.3 Å². The Balaban J connectivity index is 0.000000472. The van der Waals surface area contributed by atoms with E-state index in [9.17, 15) is 9.59 Å². The van der Waals surface area contributed by atoms with Crippen molar-refractivity contribution < 1.29 is 24.3 Å². The molecule has 1 fully saturated rings. The molecule has 0 bridgehead atoms. The Labute approximate surface area is 134 Å². The van der Waals surface area contributed by atoms with E-state index in [2.05, 4.69) is 19.0 Å². The molecular weight excluding hydrogens is 284 g/mol. The molecule has 1 aliphatic heterocycles. The van der Waals surface area contributed by atoms with Gasteiger partial charge < -0.3 is 19.6 Å². The molecule has 0 aromatic rings. The SMILES string of the molecule is CC(=O)OC(C)(C)C.CN(C)CC[NH+]1CCC(C(=O)O)CC1. The maximum Gasteiger partial charge on any atom is 0.306 e. The predicted octanol–water partition coefficient (Wildman–Crippen LogP) is 0.276. The van der Waals surface area contributed by atoms with Gasteiger partial charge in [-0.25, -0.2) is 0 Å². The molecule has 130 valence electrons. The molecule has 1 heterocycles. The Bertz CT molecular complexity index is 343. The zero-order valence-corrected chi connectivity index (χ0v) is 14.9. The van der Waals surface area contributed by atoms with E-state index < -0.39 is 5.97 Å². The van der Waals surface area contributed by atoms with Crippen molar-refractivity contribution in [3.05, 3.63) is 0 Å². The minimum Gasteiger partial charge on any atom is -0.481 e. The number of piperidine rings is 1. The summed E-state index contributed by atoms with van der Waals surface area (Å²) in [7, 11) is 4.15. The lowest BCUT2D eigenvalue weighted by molar-refractivity contribution is -0.905. The van der Waals surface area contributed by atoms with E-state index in [1.54, 1.807) is 4.90 Å². The van der Waals surface area contributed by atoms with Gasteiger partial charge in [0.2, 0.25) is 0 Å². The van der Waals surface area contributed by atoms with Gasteiger partial charge in [-0.15, -0.1) is 0 Å². The topological polar surface area (TPSA) is 71.3 Å². The molecule has 0 aromatic carbocycles. The summed E-state index contributed by atoms with van der Waals surface area (Å²) < 4.78 is 4.80. The number of carbonyl (C=O) groups excluding carboxylic acids is 1. The number of hydrogen-bond acceptors (Lipinski definition) is 4.